The topological polar surface area (TPSA) is 18.5 Å². The SMILES string of the molecule is CC(C)c1ccc(C(C)C)c2c1CC1(C2)OCCO1. The second-order valence-corrected chi connectivity index (χ2v) is 6.47. The Morgan fingerprint density at radius 1 is 0.842 bits per heavy atom. The predicted molar refractivity (Wildman–Crippen MR) is 76.7 cm³/mol. The fourth-order valence-electron chi connectivity index (χ4n) is 3.53. The molecule has 0 bridgehead atoms. The summed E-state index contributed by atoms with van der Waals surface area (Å²) in [6, 6.07) is 4.62. The van der Waals surface area contributed by atoms with Crippen molar-refractivity contribution in [2.45, 2.75) is 58.2 Å². The lowest BCUT2D eigenvalue weighted by Gasteiger charge is -2.21. The van der Waals surface area contributed by atoms with E-state index in [1.165, 1.54) is 22.3 Å². The minimum atomic E-state index is -0.350. The fraction of sp³-hybridized carbons (Fsp3) is 0.647. The van der Waals surface area contributed by atoms with Crippen LogP contribution in [0, 0.1) is 0 Å². The molecule has 1 aromatic carbocycles. The molecule has 19 heavy (non-hydrogen) atoms. The molecule has 0 aromatic heterocycles. The molecule has 0 amide bonds. The van der Waals surface area contributed by atoms with Gasteiger partial charge in [0.15, 0.2) is 5.79 Å². The third-order valence-electron chi connectivity index (χ3n) is 4.45. The van der Waals surface area contributed by atoms with Crippen molar-refractivity contribution in [3.8, 4) is 0 Å². The summed E-state index contributed by atoms with van der Waals surface area (Å²) >= 11 is 0. The molecule has 3 rings (SSSR count). The van der Waals surface area contributed by atoms with Gasteiger partial charge in [-0.25, -0.2) is 0 Å². The molecule has 0 saturated carbocycles. The minimum Gasteiger partial charge on any atom is -0.347 e. The highest BCUT2D eigenvalue weighted by Gasteiger charge is 2.44. The lowest BCUT2D eigenvalue weighted by Crippen LogP contribution is -2.30. The van der Waals surface area contributed by atoms with Crippen LogP contribution in [0.4, 0.5) is 0 Å². The molecular formula is C17H24O2. The molecule has 2 heteroatoms. The molecule has 0 radical (unpaired) electrons. The van der Waals surface area contributed by atoms with Gasteiger partial charge >= 0.3 is 0 Å². The smallest absolute Gasteiger partial charge is 0.176 e. The first-order chi connectivity index (χ1) is 9.02. The highest BCUT2D eigenvalue weighted by molar-refractivity contribution is 5.48. The molecular weight excluding hydrogens is 236 g/mol. The van der Waals surface area contributed by atoms with Crippen molar-refractivity contribution < 1.29 is 9.47 Å². The summed E-state index contributed by atoms with van der Waals surface area (Å²) in [6.07, 6.45) is 1.85. The summed E-state index contributed by atoms with van der Waals surface area (Å²) in [4.78, 5) is 0. The average molecular weight is 260 g/mol. The van der Waals surface area contributed by atoms with E-state index >= 15 is 0 Å². The van der Waals surface area contributed by atoms with Crippen molar-refractivity contribution in [1.82, 2.24) is 0 Å². The van der Waals surface area contributed by atoms with Crippen LogP contribution in [0.25, 0.3) is 0 Å². The lowest BCUT2D eigenvalue weighted by molar-refractivity contribution is -0.147. The van der Waals surface area contributed by atoms with Crippen LogP contribution in [-0.4, -0.2) is 19.0 Å². The Bertz CT molecular complexity index is 443. The number of benzene rings is 1. The van der Waals surface area contributed by atoms with Gasteiger partial charge in [0.2, 0.25) is 0 Å². The first-order valence-corrected chi connectivity index (χ1v) is 7.45. The zero-order chi connectivity index (χ0) is 13.6. The molecule has 1 aliphatic carbocycles. The molecule has 0 atom stereocenters. The summed E-state index contributed by atoms with van der Waals surface area (Å²) < 4.78 is 11.9. The quantitative estimate of drug-likeness (QED) is 0.805. The van der Waals surface area contributed by atoms with Gasteiger partial charge in [0.1, 0.15) is 0 Å². The number of rotatable bonds is 2. The third kappa shape index (κ3) is 2.11. The maximum Gasteiger partial charge on any atom is 0.176 e. The summed E-state index contributed by atoms with van der Waals surface area (Å²) in [7, 11) is 0. The van der Waals surface area contributed by atoms with Gasteiger partial charge in [-0.1, -0.05) is 39.8 Å². The minimum absolute atomic E-state index is 0.350. The van der Waals surface area contributed by atoms with Crippen LogP contribution in [0.1, 0.15) is 61.8 Å². The largest absolute Gasteiger partial charge is 0.347 e. The summed E-state index contributed by atoms with van der Waals surface area (Å²) in [5.74, 6) is 0.773. The zero-order valence-corrected chi connectivity index (χ0v) is 12.5. The Morgan fingerprint density at radius 2 is 1.26 bits per heavy atom. The van der Waals surface area contributed by atoms with Gasteiger partial charge < -0.3 is 9.47 Å². The number of hydrogen-bond acceptors (Lipinski definition) is 2. The Morgan fingerprint density at radius 3 is 1.63 bits per heavy atom. The van der Waals surface area contributed by atoms with Crippen LogP contribution in [-0.2, 0) is 22.3 Å². The summed E-state index contributed by atoms with van der Waals surface area (Å²) in [5, 5.41) is 0. The number of hydrogen-bond donors (Lipinski definition) is 0. The van der Waals surface area contributed by atoms with Crippen LogP contribution >= 0.6 is 0 Å². The standard InChI is InChI=1S/C17H24O2/c1-11(2)13-5-6-14(12(3)4)16-10-17(9-15(13)16)18-7-8-19-17/h5-6,11-12H,7-10H2,1-4H3. The molecule has 1 spiro atoms. The van der Waals surface area contributed by atoms with Crippen LogP contribution in [0.15, 0.2) is 12.1 Å². The number of fused-ring (bicyclic) bond motifs is 1. The average Bonchev–Trinajstić information content (AvgIpc) is 2.94. The number of ether oxygens (including phenoxy) is 2. The molecule has 104 valence electrons. The van der Waals surface area contributed by atoms with Crippen LogP contribution < -0.4 is 0 Å². The van der Waals surface area contributed by atoms with Gasteiger partial charge in [0.25, 0.3) is 0 Å². The molecule has 0 unspecified atom stereocenters. The van der Waals surface area contributed by atoms with E-state index in [0.717, 1.165) is 26.1 Å². The fourth-order valence-corrected chi connectivity index (χ4v) is 3.53. The van der Waals surface area contributed by atoms with Crippen molar-refractivity contribution in [2.75, 3.05) is 13.2 Å². The van der Waals surface area contributed by atoms with E-state index in [4.69, 9.17) is 9.47 Å². The van der Waals surface area contributed by atoms with E-state index in [1.807, 2.05) is 0 Å². The maximum atomic E-state index is 5.93. The van der Waals surface area contributed by atoms with E-state index < -0.39 is 0 Å². The van der Waals surface area contributed by atoms with Crippen molar-refractivity contribution in [1.29, 1.82) is 0 Å². The monoisotopic (exact) mass is 260 g/mol. The first kappa shape index (κ1) is 13.1. The van der Waals surface area contributed by atoms with Gasteiger partial charge in [0, 0.05) is 12.8 Å². The highest BCUT2D eigenvalue weighted by atomic mass is 16.7. The summed E-state index contributed by atoms with van der Waals surface area (Å²) in [5.41, 5.74) is 5.91. The van der Waals surface area contributed by atoms with Crippen molar-refractivity contribution in [3.63, 3.8) is 0 Å². The maximum absolute atomic E-state index is 5.93. The molecule has 2 nitrogen and oxygen atoms in total. The van der Waals surface area contributed by atoms with Gasteiger partial charge in [-0.3, -0.25) is 0 Å². The molecule has 1 aromatic rings. The van der Waals surface area contributed by atoms with Gasteiger partial charge in [-0.15, -0.1) is 0 Å². The second kappa shape index (κ2) is 4.60. The Balaban J connectivity index is 2.08. The van der Waals surface area contributed by atoms with E-state index in [2.05, 4.69) is 39.8 Å². The molecule has 1 heterocycles. The van der Waals surface area contributed by atoms with Crippen LogP contribution in [0.5, 0.6) is 0 Å². The third-order valence-corrected chi connectivity index (χ3v) is 4.45. The van der Waals surface area contributed by atoms with E-state index in [1.54, 1.807) is 0 Å². The van der Waals surface area contributed by atoms with Gasteiger partial charge in [0.05, 0.1) is 13.2 Å². The first-order valence-electron chi connectivity index (χ1n) is 7.45. The van der Waals surface area contributed by atoms with Gasteiger partial charge in [-0.05, 0) is 34.1 Å². The molecule has 0 N–H and O–H groups in total. The van der Waals surface area contributed by atoms with Crippen molar-refractivity contribution in [2.24, 2.45) is 0 Å². The predicted octanol–water partition coefficient (Wildman–Crippen LogP) is 3.78. The van der Waals surface area contributed by atoms with Crippen LogP contribution in [0.2, 0.25) is 0 Å². The van der Waals surface area contributed by atoms with E-state index in [9.17, 15) is 0 Å². The summed E-state index contributed by atoms with van der Waals surface area (Å²) in [6.45, 7) is 10.6. The molecule has 2 aliphatic rings. The lowest BCUT2D eigenvalue weighted by atomic mass is 9.88. The highest BCUT2D eigenvalue weighted by Crippen LogP contribution is 2.42. The van der Waals surface area contributed by atoms with Crippen molar-refractivity contribution >= 4 is 0 Å². The molecule has 1 aliphatic heterocycles. The normalized spacial score (nSPS) is 20.7. The van der Waals surface area contributed by atoms with Gasteiger partial charge in [-0.2, -0.15) is 0 Å². The Kier molecular flexibility index (Phi) is 3.18. The van der Waals surface area contributed by atoms with E-state index in [-0.39, 0.29) is 5.79 Å². The Hall–Kier alpha value is -0.860. The second-order valence-electron chi connectivity index (χ2n) is 6.47. The Labute approximate surface area is 116 Å². The van der Waals surface area contributed by atoms with Crippen LogP contribution in [0.3, 0.4) is 0 Å². The zero-order valence-electron chi connectivity index (χ0n) is 12.5. The molecule has 1 fully saturated rings. The van der Waals surface area contributed by atoms with Crippen molar-refractivity contribution in [3.05, 3.63) is 34.4 Å². The van der Waals surface area contributed by atoms with E-state index in [0.29, 0.717) is 11.8 Å². The molecule has 1 saturated heterocycles.